The Balaban J connectivity index is 1.58. The number of methoxy groups -OCH3 is 1. The zero-order valence-electron chi connectivity index (χ0n) is 16.3. The van der Waals surface area contributed by atoms with Crippen LogP contribution in [0.15, 0.2) is 84.9 Å². The van der Waals surface area contributed by atoms with Gasteiger partial charge in [0.25, 0.3) is 0 Å². The number of ether oxygens (including phenoxy) is 1. The van der Waals surface area contributed by atoms with Crippen LogP contribution in [-0.4, -0.2) is 26.9 Å². The monoisotopic (exact) mass is 413 g/mol. The quantitative estimate of drug-likeness (QED) is 0.419. The lowest BCUT2D eigenvalue weighted by Gasteiger charge is -2.15. The summed E-state index contributed by atoms with van der Waals surface area (Å²) >= 11 is 1.45. The second kappa shape index (κ2) is 7.96. The second-order valence-corrected chi connectivity index (χ2v) is 7.70. The molecule has 0 radical (unpaired) electrons. The van der Waals surface area contributed by atoms with Crippen molar-refractivity contribution in [2.24, 2.45) is 0 Å². The summed E-state index contributed by atoms with van der Waals surface area (Å²) in [5.74, 6) is 1.48. The molecule has 30 heavy (non-hydrogen) atoms. The number of anilines is 2. The zero-order chi connectivity index (χ0) is 20.3. The minimum Gasteiger partial charge on any atom is -0.495 e. The number of nitrogens with one attached hydrogen (secondary N) is 1. The van der Waals surface area contributed by atoms with E-state index >= 15 is 0 Å². The Bertz CT molecular complexity index is 1230. The molecule has 0 saturated heterocycles. The molecule has 0 aliphatic carbocycles. The summed E-state index contributed by atoms with van der Waals surface area (Å²) in [5, 5.41) is 17.7. The first-order chi connectivity index (χ1) is 14.8. The first kappa shape index (κ1) is 18.3. The molecule has 6 nitrogen and oxygen atoms in total. The van der Waals surface area contributed by atoms with Crippen LogP contribution in [0.1, 0.15) is 22.9 Å². The van der Waals surface area contributed by atoms with Gasteiger partial charge in [0.05, 0.1) is 18.7 Å². The van der Waals surface area contributed by atoms with Crippen molar-refractivity contribution in [3.63, 3.8) is 0 Å². The van der Waals surface area contributed by atoms with Gasteiger partial charge in [-0.3, -0.25) is 0 Å². The lowest BCUT2D eigenvalue weighted by Crippen LogP contribution is -2.09. The zero-order valence-corrected chi connectivity index (χ0v) is 17.1. The Morgan fingerprint density at radius 1 is 0.833 bits per heavy atom. The summed E-state index contributed by atoms with van der Waals surface area (Å²) in [4.78, 5) is 0.735. The van der Waals surface area contributed by atoms with E-state index in [4.69, 9.17) is 9.84 Å². The average molecular weight is 414 g/mol. The van der Waals surface area contributed by atoms with Gasteiger partial charge in [-0.15, -0.1) is 15.3 Å². The van der Waals surface area contributed by atoms with Crippen molar-refractivity contribution in [3.8, 4) is 5.75 Å². The molecule has 0 bridgehead atoms. The van der Waals surface area contributed by atoms with Gasteiger partial charge in [0.15, 0.2) is 5.82 Å². The van der Waals surface area contributed by atoms with E-state index in [1.165, 1.54) is 11.3 Å². The number of benzene rings is 3. The van der Waals surface area contributed by atoms with Gasteiger partial charge in [0, 0.05) is 0 Å². The SMILES string of the molecule is COc1ccccc1Nc1nn2c(C(c3ccccc3)c3ccccc3)nnc2s1. The third-order valence-corrected chi connectivity index (χ3v) is 5.70. The summed E-state index contributed by atoms with van der Waals surface area (Å²) in [5.41, 5.74) is 3.14. The fraction of sp³-hybridized carbons (Fsp3) is 0.0870. The van der Waals surface area contributed by atoms with E-state index in [0.717, 1.165) is 38.5 Å². The van der Waals surface area contributed by atoms with E-state index in [2.05, 4.69) is 39.8 Å². The van der Waals surface area contributed by atoms with Gasteiger partial charge in [-0.25, -0.2) is 0 Å². The number of nitrogens with zero attached hydrogens (tertiary/aromatic N) is 4. The molecule has 2 heterocycles. The van der Waals surface area contributed by atoms with Crippen molar-refractivity contribution >= 4 is 27.1 Å². The summed E-state index contributed by atoms with van der Waals surface area (Å²) in [6, 6.07) is 28.4. The lowest BCUT2D eigenvalue weighted by atomic mass is 9.91. The van der Waals surface area contributed by atoms with Crippen LogP contribution >= 0.6 is 11.3 Å². The van der Waals surface area contributed by atoms with Crippen LogP contribution in [0.2, 0.25) is 0 Å². The first-order valence-electron chi connectivity index (χ1n) is 9.55. The highest BCUT2D eigenvalue weighted by atomic mass is 32.1. The molecule has 5 aromatic rings. The predicted molar refractivity (Wildman–Crippen MR) is 119 cm³/mol. The Hall–Kier alpha value is -3.71. The molecule has 0 spiro atoms. The maximum absolute atomic E-state index is 5.43. The minimum atomic E-state index is -0.0661. The third-order valence-electron chi connectivity index (χ3n) is 4.89. The standard InChI is InChI=1S/C23H19N5OS/c1-29-19-15-9-8-14-18(19)24-22-27-28-21(25-26-23(28)30-22)20(16-10-4-2-5-11-16)17-12-6-3-7-13-17/h2-15,20H,1H3,(H,24,27). The van der Waals surface area contributed by atoms with Crippen LogP contribution in [0.3, 0.4) is 0 Å². The third kappa shape index (κ3) is 3.40. The summed E-state index contributed by atoms with van der Waals surface area (Å²) in [6.07, 6.45) is 0. The van der Waals surface area contributed by atoms with Crippen molar-refractivity contribution in [1.29, 1.82) is 0 Å². The number of hydrogen-bond acceptors (Lipinski definition) is 6. The van der Waals surface area contributed by atoms with Crippen molar-refractivity contribution in [1.82, 2.24) is 19.8 Å². The summed E-state index contributed by atoms with van der Waals surface area (Å²) < 4.78 is 7.26. The second-order valence-electron chi connectivity index (χ2n) is 6.74. The van der Waals surface area contributed by atoms with E-state index in [9.17, 15) is 0 Å². The highest BCUT2D eigenvalue weighted by Crippen LogP contribution is 2.34. The predicted octanol–water partition coefficient (Wildman–Crippen LogP) is 5.12. The van der Waals surface area contributed by atoms with Gasteiger partial charge < -0.3 is 10.1 Å². The Morgan fingerprint density at radius 3 is 2.13 bits per heavy atom. The van der Waals surface area contributed by atoms with Gasteiger partial charge in [0.2, 0.25) is 10.1 Å². The number of fused-ring (bicyclic) bond motifs is 1. The molecule has 3 aromatic carbocycles. The van der Waals surface area contributed by atoms with E-state index in [0.29, 0.717) is 0 Å². The van der Waals surface area contributed by atoms with Gasteiger partial charge in [-0.05, 0) is 23.3 Å². The van der Waals surface area contributed by atoms with E-state index in [1.54, 1.807) is 7.11 Å². The van der Waals surface area contributed by atoms with E-state index in [-0.39, 0.29) is 5.92 Å². The number of rotatable bonds is 6. The van der Waals surface area contributed by atoms with E-state index < -0.39 is 0 Å². The van der Waals surface area contributed by atoms with Crippen LogP contribution < -0.4 is 10.1 Å². The van der Waals surface area contributed by atoms with Crippen molar-refractivity contribution in [2.75, 3.05) is 12.4 Å². The molecule has 0 aliphatic heterocycles. The Labute approximate surface area is 177 Å². The molecule has 0 atom stereocenters. The molecule has 148 valence electrons. The fourth-order valence-corrected chi connectivity index (χ4v) is 4.27. The van der Waals surface area contributed by atoms with Crippen LogP contribution in [0.4, 0.5) is 10.8 Å². The van der Waals surface area contributed by atoms with Crippen LogP contribution in [0, 0.1) is 0 Å². The topological polar surface area (TPSA) is 64.3 Å². The van der Waals surface area contributed by atoms with Gasteiger partial charge >= 0.3 is 0 Å². The van der Waals surface area contributed by atoms with E-state index in [1.807, 2.05) is 65.2 Å². The Morgan fingerprint density at radius 2 is 1.47 bits per heavy atom. The molecule has 0 amide bonds. The van der Waals surface area contributed by atoms with Gasteiger partial charge in [-0.2, -0.15) is 4.52 Å². The Kier molecular flexibility index (Phi) is 4.86. The van der Waals surface area contributed by atoms with Crippen LogP contribution in [0.25, 0.3) is 4.96 Å². The van der Waals surface area contributed by atoms with Crippen molar-refractivity contribution in [2.45, 2.75) is 5.92 Å². The van der Waals surface area contributed by atoms with Gasteiger partial charge in [-0.1, -0.05) is 84.1 Å². The maximum Gasteiger partial charge on any atom is 0.236 e. The normalized spacial score (nSPS) is 11.1. The van der Waals surface area contributed by atoms with Crippen LogP contribution in [-0.2, 0) is 0 Å². The molecule has 5 rings (SSSR count). The minimum absolute atomic E-state index is 0.0661. The average Bonchev–Trinajstić information content (AvgIpc) is 3.37. The smallest absolute Gasteiger partial charge is 0.236 e. The molecular formula is C23H19N5OS. The number of aromatic nitrogens is 4. The highest BCUT2D eigenvalue weighted by molar-refractivity contribution is 7.20. The van der Waals surface area contributed by atoms with Crippen molar-refractivity contribution in [3.05, 3.63) is 102 Å². The van der Waals surface area contributed by atoms with Crippen LogP contribution in [0.5, 0.6) is 5.75 Å². The number of para-hydroxylation sites is 2. The molecule has 0 saturated carbocycles. The summed E-state index contributed by atoms with van der Waals surface area (Å²) in [7, 11) is 1.65. The molecule has 0 aliphatic rings. The fourth-order valence-electron chi connectivity index (χ4n) is 3.51. The molecular weight excluding hydrogens is 394 g/mol. The lowest BCUT2D eigenvalue weighted by molar-refractivity contribution is 0.417. The highest BCUT2D eigenvalue weighted by Gasteiger charge is 2.24. The van der Waals surface area contributed by atoms with Crippen molar-refractivity contribution < 1.29 is 4.74 Å². The maximum atomic E-state index is 5.43. The largest absolute Gasteiger partial charge is 0.495 e. The molecule has 0 fully saturated rings. The summed E-state index contributed by atoms with van der Waals surface area (Å²) in [6.45, 7) is 0. The first-order valence-corrected chi connectivity index (χ1v) is 10.4. The number of hydrogen-bond donors (Lipinski definition) is 1. The molecule has 1 N–H and O–H groups in total. The van der Waals surface area contributed by atoms with Gasteiger partial charge in [0.1, 0.15) is 5.75 Å². The molecule has 0 unspecified atom stereocenters. The molecule has 7 heteroatoms. The molecule has 2 aromatic heterocycles.